The number of furan rings is 1. The molecule has 1 amide bonds. The van der Waals surface area contributed by atoms with Crippen molar-refractivity contribution >= 4 is 34.0 Å². The van der Waals surface area contributed by atoms with Crippen LogP contribution in [0.3, 0.4) is 0 Å². The maximum Gasteiger partial charge on any atom is 0.264 e. The molecule has 1 aliphatic heterocycles. The maximum atomic E-state index is 12.6. The Morgan fingerprint density at radius 1 is 0.964 bits per heavy atom. The molecule has 1 aliphatic rings. The van der Waals surface area contributed by atoms with Crippen LogP contribution < -0.4 is 4.90 Å². The summed E-state index contributed by atoms with van der Waals surface area (Å²) in [6, 6.07) is 15.5. The van der Waals surface area contributed by atoms with Gasteiger partial charge in [0, 0.05) is 31.6 Å². The first-order valence-electron chi connectivity index (χ1n) is 9.18. The highest BCUT2D eigenvalue weighted by Gasteiger charge is 2.25. The summed E-state index contributed by atoms with van der Waals surface area (Å²) in [6.07, 6.45) is 1.63. The molecule has 3 aromatic heterocycles. The lowest BCUT2D eigenvalue weighted by molar-refractivity contribution is 0.0751. The van der Waals surface area contributed by atoms with E-state index >= 15 is 0 Å². The van der Waals surface area contributed by atoms with Crippen molar-refractivity contribution in [1.82, 2.24) is 14.9 Å². The number of piperazine rings is 1. The van der Waals surface area contributed by atoms with E-state index in [1.807, 2.05) is 58.8 Å². The van der Waals surface area contributed by atoms with E-state index in [1.54, 1.807) is 6.26 Å². The number of benzene rings is 1. The summed E-state index contributed by atoms with van der Waals surface area (Å²) in [5.41, 5.74) is 0.885. The van der Waals surface area contributed by atoms with Crippen molar-refractivity contribution in [3.8, 4) is 11.6 Å². The number of anilines is 1. The average molecular weight is 390 g/mol. The Balaban J connectivity index is 1.44. The van der Waals surface area contributed by atoms with Crippen molar-refractivity contribution < 1.29 is 9.21 Å². The number of nitrogens with zero attached hydrogens (tertiary/aromatic N) is 4. The van der Waals surface area contributed by atoms with E-state index in [1.165, 1.54) is 11.3 Å². The minimum atomic E-state index is 0.110. The average Bonchev–Trinajstić information content (AvgIpc) is 3.47. The van der Waals surface area contributed by atoms with Crippen LogP contribution in [-0.2, 0) is 0 Å². The first-order valence-corrected chi connectivity index (χ1v) is 10.1. The Morgan fingerprint density at radius 3 is 2.57 bits per heavy atom. The van der Waals surface area contributed by atoms with E-state index in [-0.39, 0.29) is 5.91 Å². The lowest BCUT2D eigenvalue weighted by Gasteiger charge is -2.35. The molecule has 7 heteroatoms. The van der Waals surface area contributed by atoms with Gasteiger partial charge in [0.1, 0.15) is 5.82 Å². The number of thiophene rings is 1. The van der Waals surface area contributed by atoms with Crippen LogP contribution in [-0.4, -0.2) is 47.0 Å². The van der Waals surface area contributed by atoms with Crippen LogP contribution in [0.4, 0.5) is 5.82 Å². The van der Waals surface area contributed by atoms with Crippen molar-refractivity contribution in [3.05, 3.63) is 65.1 Å². The number of aromatic nitrogens is 2. The fourth-order valence-corrected chi connectivity index (χ4v) is 4.19. The van der Waals surface area contributed by atoms with Crippen molar-refractivity contribution in [1.29, 1.82) is 0 Å². The third-order valence-corrected chi connectivity index (χ3v) is 5.78. The van der Waals surface area contributed by atoms with Gasteiger partial charge in [-0.1, -0.05) is 18.2 Å². The number of carbonyl (C=O) groups excluding carboxylic acids is 1. The SMILES string of the molecule is O=C(c1cccs1)N1CCN(c2nc(-c3ccco3)nc3ccccc23)CC1. The topological polar surface area (TPSA) is 62.5 Å². The zero-order valence-corrected chi connectivity index (χ0v) is 15.9. The van der Waals surface area contributed by atoms with Gasteiger partial charge in [-0.05, 0) is 35.7 Å². The van der Waals surface area contributed by atoms with E-state index in [4.69, 9.17) is 9.40 Å². The molecule has 0 N–H and O–H groups in total. The molecule has 4 aromatic rings. The third kappa shape index (κ3) is 3.03. The van der Waals surface area contributed by atoms with E-state index in [0.717, 1.165) is 34.7 Å². The van der Waals surface area contributed by atoms with Gasteiger partial charge in [-0.25, -0.2) is 9.97 Å². The van der Waals surface area contributed by atoms with Crippen molar-refractivity contribution in [2.24, 2.45) is 0 Å². The molecule has 0 aliphatic carbocycles. The van der Waals surface area contributed by atoms with Gasteiger partial charge in [0.25, 0.3) is 5.91 Å². The molecule has 0 unspecified atom stereocenters. The molecule has 0 atom stereocenters. The Hall–Kier alpha value is -3.19. The predicted octanol–water partition coefficient (Wildman–Crippen LogP) is 3.91. The molecule has 5 rings (SSSR count). The summed E-state index contributed by atoms with van der Waals surface area (Å²) in [7, 11) is 0. The zero-order chi connectivity index (χ0) is 18.9. The standard InChI is InChI=1S/C21H18N4O2S/c26-21(18-8-4-14-28-18)25-11-9-24(10-12-25)20-15-5-1-2-6-16(15)22-19(23-20)17-7-3-13-27-17/h1-8,13-14H,9-12H2. The summed E-state index contributed by atoms with van der Waals surface area (Å²) < 4.78 is 5.51. The van der Waals surface area contributed by atoms with E-state index < -0.39 is 0 Å². The normalized spacial score (nSPS) is 14.6. The number of hydrogen-bond acceptors (Lipinski definition) is 6. The first kappa shape index (κ1) is 16.9. The monoisotopic (exact) mass is 390 g/mol. The van der Waals surface area contributed by atoms with Gasteiger partial charge >= 0.3 is 0 Å². The highest BCUT2D eigenvalue weighted by atomic mass is 32.1. The number of rotatable bonds is 3. The summed E-state index contributed by atoms with van der Waals surface area (Å²) in [6.45, 7) is 2.81. The fourth-order valence-electron chi connectivity index (χ4n) is 3.49. The zero-order valence-electron chi connectivity index (χ0n) is 15.1. The van der Waals surface area contributed by atoms with Gasteiger partial charge in [0.15, 0.2) is 11.6 Å². The minimum absolute atomic E-state index is 0.110. The highest BCUT2D eigenvalue weighted by Crippen LogP contribution is 2.28. The largest absolute Gasteiger partial charge is 0.461 e. The van der Waals surface area contributed by atoms with E-state index in [9.17, 15) is 4.79 Å². The Bertz CT molecular complexity index is 1100. The smallest absolute Gasteiger partial charge is 0.264 e. The van der Waals surface area contributed by atoms with Gasteiger partial charge in [-0.2, -0.15) is 0 Å². The summed E-state index contributed by atoms with van der Waals surface area (Å²) >= 11 is 1.49. The predicted molar refractivity (Wildman–Crippen MR) is 110 cm³/mol. The molecule has 4 heterocycles. The molecule has 0 radical (unpaired) electrons. The molecular formula is C21H18N4O2S. The summed E-state index contributed by atoms with van der Waals surface area (Å²) in [5, 5.41) is 2.95. The molecule has 0 bridgehead atoms. The summed E-state index contributed by atoms with van der Waals surface area (Å²) in [5.74, 6) is 2.23. The van der Waals surface area contributed by atoms with Crippen LogP contribution in [0.1, 0.15) is 9.67 Å². The van der Waals surface area contributed by atoms with Gasteiger partial charge in [-0.15, -0.1) is 11.3 Å². The van der Waals surface area contributed by atoms with E-state index in [0.29, 0.717) is 24.7 Å². The number of hydrogen-bond donors (Lipinski definition) is 0. The van der Waals surface area contributed by atoms with Crippen LogP contribution in [0.15, 0.2) is 64.6 Å². The van der Waals surface area contributed by atoms with Crippen LogP contribution in [0.25, 0.3) is 22.5 Å². The molecule has 28 heavy (non-hydrogen) atoms. The molecular weight excluding hydrogens is 372 g/mol. The van der Waals surface area contributed by atoms with Crippen LogP contribution in [0, 0.1) is 0 Å². The molecule has 1 aromatic carbocycles. The Labute approximate surface area is 166 Å². The van der Waals surface area contributed by atoms with Crippen LogP contribution >= 0.6 is 11.3 Å². The maximum absolute atomic E-state index is 12.6. The van der Waals surface area contributed by atoms with Crippen LogP contribution in [0.2, 0.25) is 0 Å². The van der Waals surface area contributed by atoms with Gasteiger partial charge in [0.2, 0.25) is 0 Å². The first-order chi connectivity index (χ1) is 13.8. The molecule has 6 nitrogen and oxygen atoms in total. The second-order valence-electron chi connectivity index (χ2n) is 6.62. The quantitative estimate of drug-likeness (QED) is 0.531. The molecule has 0 spiro atoms. The minimum Gasteiger partial charge on any atom is -0.461 e. The molecule has 0 saturated carbocycles. The summed E-state index contributed by atoms with van der Waals surface area (Å²) in [4.78, 5) is 27.0. The Morgan fingerprint density at radius 2 is 1.82 bits per heavy atom. The van der Waals surface area contributed by atoms with Gasteiger partial charge in [-0.3, -0.25) is 4.79 Å². The molecule has 140 valence electrons. The Kier molecular flexibility index (Phi) is 4.29. The highest BCUT2D eigenvalue weighted by molar-refractivity contribution is 7.12. The van der Waals surface area contributed by atoms with Gasteiger partial charge < -0.3 is 14.2 Å². The molecule has 1 fully saturated rings. The van der Waals surface area contributed by atoms with Crippen molar-refractivity contribution in [2.45, 2.75) is 0 Å². The second kappa shape index (κ2) is 7.09. The van der Waals surface area contributed by atoms with Crippen molar-refractivity contribution in [2.75, 3.05) is 31.1 Å². The second-order valence-corrected chi connectivity index (χ2v) is 7.57. The molecule has 1 saturated heterocycles. The lowest BCUT2D eigenvalue weighted by Crippen LogP contribution is -2.49. The number of amides is 1. The number of para-hydroxylation sites is 1. The fraction of sp³-hybridized carbons (Fsp3) is 0.190. The van der Waals surface area contributed by atoms with Gasteiger partial charge in [0.05, 0.1) is 16.7 Å². The lowest BCUT2D eigenvalue weighted by atomic mass is 10.2. The third-order valence-electron chi connectivity index (χ3n) is 4.92. The van der Waals surface area contributed by atoms with Crippen LogP contribution in [0.5, 0.6) is 0 Å². The number of fused-ring (bicyclic) bond motifs is 1. The van der Waals surface area contributed by atoms with E-state index in [2.05, 4.69) is 9.88 Å². The van der Waals surface area contributed by atoms with Crippen molar-refractivity contribution in [3.63, 3.8) is 0 Å². The number of carbonyl (C=O) groups is 1.